The molecule has 0 spiro atoms. The zero-order valence-electron chi connectivity index (χ0n) is 17.6. The van der Waals surface area contributed by atoms with Crippen molar-refractivity contribution in [2.45, 2.75) is 19.0 Å². The number of carbonyl (C=O) groups excluding carboxylic acids is 1. The minimum atomic E-state index is -0.290. The van der Waals surface area contributed by atoms with Crippen LogP contribution >= 0.6 is 11.8 Å². The van der Waals surface area contributed by atoms with Crippen LogP contribution in [-0.2, 0) is 4.79 Å². The molecular formula is C24H21N5O2S. The molecular weight excluding hydrogens is 422 g/mol. The fourth-order valence-electron chi connectivity index (χ4n) is 3.10. The number of pyridine rings is 1. The number of nitrogens with zero attached hydrogens (tertiary/aromatic N) is 4. The highest BCUT2D eigenvalue weighted by molar-refractivity contribution is 7.99. The molecule has 2 aromatic carbocycles. The van der Waals surface area contributed by atoms with Crippen LogP contribution in [0.5, 0.6) is 0 Å². The van der Waals surface area contributed by atoms with Gasteiger partial charge in [0.15, 0.2) is 5.16 Å². The highest BCUT2D eigenvalue weighted by Crippen LogP contribution is 2.21. The summed E-state index contributed by atoms with van der Waals surface area (Å²) in [4.78, 5) is 34.3. The van der Waals surface area contributed by atoms with Crippen molar-refractivity contribution in [1.29, 1.82) is 0 Å². The Kier molecular flexibility index (Phi) is 6.42. The van der Waals surface area contributed by atoms with E-state index in [1.807, 2.05) is 62.4 Å². The molecule has 0 radical (unpaired) electrons. The lowest BCUT2D eigenvalue weighted by atomic mass is 10.2. The summed E-state index contributed by atoms with van der Waals surface area (Å²) in [5.41, 5.74) is 6.32. The van der Waals surface area contributed by atoms with E-state index >= 15 is 0 Å². The highest BCUT2D eigenvalue weighted by Gasteiger charge is 2.14. The molecule has 0 unspecified atom stereocenters. The van der Waals surface area contributed by atoms with Crippen molar-refractivity contribution in [2.75, 3.05) is 5.75 Å². The summed E-state index contributed by atoms with van der Waals surface area (Å²) in [6, 6.07) is 18.5. The van der Waals surface area contributed by atoms with Crippen molar-refractivity contribution >= 4 is 34.3 Å². The smallest absolute Gasteiger partial charge is 0.266 e. The summed E-state index contributed by atoms with van der Waals surface area (Å²) >= 11 is 1.19. The number of rotatable bonds is 6. The molecule has 0 aliphatic heterocycles. The Morgan fingerprint density at radius 2 is 1.78 bits per heavy atom. The molecule has 8 heteroatoms. The summed E-state index contributed by atoms with van der Waals surface area (Å²) in [5.74, 6) is -0.231. The van der Waals surface area contributed by atoms with E-state index in [1.165, 1.54) is 11.8 Å². The van der Waals surface area contributed by atoms with Gasteiger partial charge in [0.2, 0.25) is 0 Å². The maximum atomic E-state index is 13.2. The number of nitrogens with one attached hydrogen (secondary N) is 1. The topological polar surface area (TPSA) is 89.2 Å². The number of carbonyl (C=O) groups is 1. The molecule has 0 saturated carbocycles. The average Bonchev–Trinajstić information content (AvgIpc) is 2.82. The quantitative estimate of drug-likeness (QED) is 0.212. The van der Waals surface area contributed by atoms with E-state index in [4.69, 9.17) is 0 Å². The number of hydrogen-bond donors (Lipinski definition) is 1. The monoisotopic (exact) mass is 443 g/mol. The minimum Gasteiger partial charge on any atom is -0.272 e. The summed E-state index contributed by atoms with van der Waals surface area (Å²) in [5, 5.41) is 5.13. The summed E-state index contributed by atoms with van der Waals surface area (Å²) in [6.45, 7) is 3.79. The SMILES string of the molecule is C/C(=N/NC(=O)CSc1nc2ccccc2c(=O)n1-c1ccc(C)cc1)c1ccncc1. The highest BCUT2D eigenvalue weighted by atomic mass is 32.2. The van der Waals surface area contributed by atoms with E-state index in [0.29, 0.717) is 27.5 Å². The van der Waals surface area contributed by atoms with Gasteiger partial charge in [-0.25, -0.2) is 10.4 Å². The Morgan fingerprint density at radius 1 is 1.06 bits per heavy atom. The molecule has 0 aliphatic carbocycles. The van der Waals surface area contributed by atoms with Crippen molar-refractivity contribution in [3.8, 4) is 5.69 Å². The molecule has 0 saturated heterocycles. The number of amides is 1. The van der Waals surface area contributed by atoms with Gasteiger partial charge in [-0.2, -0.15) is 5.10 Å². The predicted molar refractivity (Wildman–Crippen MR) is 127 cm³/mol. The van der Waals surface area contributed by atoms with Crippen LogP contribution in [0.1, 0.15) is 18.1 Å². The maximum absolute atomic E-state index is 13.2. The first-order chi connectivity index (χ1) is 15.5. The van der Waals surface area contributed by atoms with Crippen LogP contribution in [0, 0.1) is 6.92 Å². The molecule has 4 aromatic rings. The van der Waals surface area contributed by atoms with Crippen molar-refractivity contribution in [2.24, 2.45) is 5.10 Å². The number of benzene rings is 2. The molecule has 0 atom stereocenters. The van der Waals surface area contributed by atoms with Gasteiger partial charge in [-0.1, -0.05) is 41.6 Å². The van der Waals surface area contributed by atoms with Crippen LogP contribution in [0.4, 0.5) is 0 Å². The van der Waals surface area contributed by atoms with Crippen molar-refractivity contribution in [1.82, 2.24) is 20.0 Å². The van der Waals surface area contributed by atoms with Crippen molar-refractivity contribution in [3.05, 3.63) is 94.5 Å². The normalized spacial score (nSPS) is 11.5. The first-order valence-corrected chi connectivity index (χ1v) is 11.0. The van der Waals surface area contributed by atoms with Crippen LogP contribution in [0.2, 0.25) is 0 Å². The van der Waals surface area contributed by atoms with E-state index in [1.54, 1.807) is 29.1 Å². The van der Waals surface area contributed by atoms with Crippen molar-refractivity contribution in [3.63, 3.8) is 0 Å². The van der Waals surface area contributed by atoms with Gasteiger partial charge in [0, 0.05) is 18.0 Å². The van der Waals surface area contributed by atoms with E-state index < -0.39 is 0 Å². The van der Waals surface area contributed by atoms with E-state index in [9.17, 15) is 9.59 Å². The van der Waals surface area contributed by atoms with Crippen molar-refractivity contribution < 1.29 is 4.79 Å². The molecule has 4 rings (SSSR count). The number of aryl methyl sites for hydroxylation is 1. The Labute approximate surface area is 189 Å². The zero-order valence-corrected chi connectivity index (χ0v) is 18.5. The third-order valence-corrected chi connectivity index (χ3v) is 5.75. The Morgan fingerprint density at radius 3 is 2.53 bits per heavy atom. The number of hydrogen-bond acceptors (Lipinski definition) is 6. The average molecular weight is 444 g/mol. The van der Waals surface area contributed by atoms with Gasteiger partial charge in [-0.05, 0) is 50.2 Å². The van der Waals surface area contributed by atoms with Gasteiger partial charge in [0.1, 0.15) is 0 Å². The second kappa shape index (κ2) is 9.57. The standard InChI is InChI=1S/C24H21N5O2S/c1-16-7-9-19(10-8-16)29-23(31)20-5-3-4-6-21(20)26-24(29)32-15-22(30)28-27-17(2)18-11-13-25-14-12-18/h3-14H,15H2,1-2H3,(H,28,30)/b27-17-. The van der Waals surface area contributed by atoms with E-state index in [0.717, 1.165) is 11.1 Å². The molecule has 0 fully saturated rings. The maximum Gasteiger partial charge on any atom is 0.266 e. The molecule has 2 aromatic heterocycles. The molecule has 7 nitrogen and oxygen atoms in total. The second-order valence-electron chi connectivity index (χ2n) is 7.14. The molecule has 32 heavy (non-hydrogen) atoms. The minimum absolute atomic E-state index is 0.0593. The van der Waals surface area contributed by atoms with E-state index in [2.05, 4.69) is 20.5 Å². The third-order valence-electron chi connectivity index (χ3n) is 4.82. The van der Waals surface area contributed by atoms with E-state index in [-0.39, 0.29) is 17.2 Å². The van der Waals surface area contributed by atoms with Crippen LogP contribution in [0.3, 0.4) is 0 Å². The molecule has 1 N–H and O–H groups in total. The fourth-order valence-corrected chi connectivity index (χ4v) is 3.90. The summed E-state index contributed by atoms with van der Waals surface area (Å²) in [6.07, 6.45) is 3.34. The van der Waals surface area contributed by atoms with Crippen LogP contribution in [0.25, 0.3) is 16.6 Å². The Hall–Kier alpha value is -3.78. The number of aromatic nitrogens is 3. The van der Waals surface area contributed by atoms with Gasteiger partial charge >= 0.3 is 0 Å². The van der Waals surface area contributed by atoms with Gasteiger partial charge in [0.25, 0.3) is 11.5 Å². The fraction of sp³-hybridized carbons (Fsp3) is 0.125. The lowest BCUT2D eigenvalue weighted by Gasteiger charge is -2.13. The molecule has 2 heterocycles. The van der Waals surface area contributed by atoms with Gasteiger partial charge in [0.05, 0.1) is 28.1 Å². The Bertz CT molecular complexity index is 1350. The van der Waals surface area contributed by atoms with Gasteiger partial charge in [-0.3, -0.25) is 19.1 Å². The molecule has 0 aliphatic rings. The molecule has 0 bridgehead atoms. The van der Waals surface area contributed by atoms with Crippen LogP contribution in [0.15, 0.2) is 88.1 Å². The number of hydrazone groups is 1. The number of thioether (sulfide) groups is 1. The first kappa shape index (κ1) is 21.5. The number of para-hydroxylation sites is 1. The van der Waals surface area contributed by atoms with Crippen LogP contribution in [-0.4, -0.2) is 31.9 Å². The van der Waals surface area contributed by atoms with Gasteiger partial charge in [-0.15, -0.1) is 0 Å². The van der Waals surface area contributed by atoms with Gasteiger partial charge < -0.3 is 0 Å². The lowest BCUT2D eigenvalue weighted by Crippen LogP contribution is -2.24. The lowest BCUT2D eigenvalue weighted by molar-refractivity contribution is -0.118. The second-order valence-corrected chi connectivity index (χ2v) is 8.09. The zero-order chi connectivity index (χ0) is 22.5. The van der Waals surface area contributed by atoms with Crippen LogP contribution < -0.4 is 11.0 Å². The number of fused-ring (bicyclic) bond motifs is 1. The molecule has 160 valence electrons. The first-order valence-electron chi connectivity index (χ1n) is 9.98. The Balaban J connectivity index is 1.59. The predicted octanol–water partition coefficient (Wildman–Crippen LogP) is 3.72. The third kappa shape index (κ3) is 4.76. The molecule has 1 amide bonds. The summed E-state index contributed by atoms with van der Waals surface area (Å²) in [7, 11) is 0. The summed E-state index contributed by atoms with van der Waals surface area (Å²) < 4.78 is 1.55. The largest absolute Gasteiger partial charge is 0.272 e.